The van der Waals surface area contributed by atoms with Crippen LogP contribution in [0.3, 0.4) is 0 Å². The van der Waals surface area contributed by atoms with Gasteiger partial charge in [-0.1, -0.05) is 51.1 Å². The number of carbonyl (C=O) groups is 2. The standard InChI is InChI=1S/C24H27N3O3/c1-24(2,3)23(29)25-20-18-11-7-8-12-19(18)30-21(20)22(28)27-15-13-26(14-16-27)17-9-5-4-6-10-17/h4-12H,13-16H2,1-3H3,(H,25,29). The molecule has 1 aliphatic rings. The van der Waals surface area contributed by atoms with Crippen LogP contribution in [0.2, 0.25) is 0 Å². The van der Waals surface area contributed by atoms with Gasteiger partial charge in [-0.3, -0.25) is 9.59 Å². The highest BCUT2D eigenvalue weighted by atomic mass is 16.3. The molecule has 6 nitrogen and oxygen atoms in total. The number of nitrogens with zero attached hydrogens (tertiary/aromatic N) is 2. The summed E-state index contributed by atoms with van der Waals surface area (Å²) in [5.74, 6) is -0.151. The number of fused-ring (bicyclic) bond motifs is 1. The van der Waals surface area contributed by atoms with E-state index in [0.717, 1.165) is 24.2 Å². The van der Waals surface area contributed by atoms with E-state index in [4.69, 9.17) is 4.42 Å². The zero-order valence-corrected chi connectivity index (χ0v) is 17.6. The van der Waals surface area contributed by atoms with Crippen molar-refractivity contribution in [1.29, 1.82) is 0 Å². The lowest BCUT2D eigenvalue weighted by Gasteiger charge is -2.35. The van der Waals surface area contributed by atoms with E-state index >= 15 is 0 Å². The number of benzene rings is 2. The molecule has 2 heterocycles. The third-order valence-corrected chi connectivity index (χ3v) is 5.40. The normalized spacial score (nSPS) is 14.8. The first-order valence-electron chi connectivity index (χ1n) is 10.3. The molecule has 1 saturated heterocycles. The summed E-state index contributed by atoms with van der Waals surface area (Å²) in [4.78, 5) is 30.0. The Balaban J connectivity index is 1.58. The van der Waals surface area contributed by atoms with Gasteiger partial charge in [0.2, 0.25) is 11.7 Å². The number of carbonyl (C=O) groups excluding carboxylic acids is 2. The minimum Gasteiger partial charge on any atom is -0.449 e. The zero-order chi connectivity index (χ0) is 21.3. The van der Waals surface area contributed by atoms with Gasteiger partial charge in [0.25, 0.3) is 5.91 Å². The lowest BCUT2D eigenvalue weighted by molar-refractivity contribution is -0.123. The zero-order valence-electron chi connectivity index (χ0n) is 17.6. The number of hydrogen-bond acceptors (Lipinski definition) is 4. The van der Waals surface area contributed by atoms with Gasteiger partial charge >= 0.3 is 0 Å². The summed E-state index contributed by atoms with van der Waals surface area (Å²) < 4.78 is 5.92. The molecule has 0 unspecified atom stereocenters. The Morgan fingerprint density at radius 1 is 0.900 bits per heavy atom. The first-order valence-corrected chi connectivity index (χ1v) is 10.3. The van der Waals surface area contributed by atoms with Crippen molar-refractivity contribution in [3.63, 3.8) is 0 Å². The molecule has 0 bridgehead atoms. The van der Waals surface area contributed by atoms with Gasteiger partial charge in [0.05, 0.1) is 0 Å². The van der Waals surface area contributed by atoms with Gasteiger partial charge < -0.3 is 19.5 Å². The molecular formula is C24H27N3O3. The summed E-state index contributed by atoms with van der Waals surface area (Å²) in [5.41, 5.74) is 1.63. The van der Waals surface area contributed by atoms with Gasteiger partial charge in [-0.2, -0.15) is 0 Å². The van der Waals surface area contributed by atoms with Gasteiger partial charge in [-0.25, -0.2) is 0 Å². The molecule has 0 saturated carbocycles. The summed E-state index contributed by atoms with van der Waals surface area (Å²) in [6, 6.07) is 17.6. The lowest BCUT2D eigenvalue weighted by atomic mass is 9.95. The van der Waals surface area contributed by atoms with E-state index in [1.165, 1.54) is 0 Å². The number of piperazine rings is 1. The Morgan fingerprint density at radius 3 is 2.20 bits per heavy atom. The average molecular weight is 405 g/mol. The molecule has 6 heteroatoms. The molecule has 0 spiro atoms. The molecule has 0 atom stereocenters. The quantitative estimate of drug-likeness (QED) is 0.702. The van der Waals surface area contributed by atoms with Crippen LogP contribution in [0.4, 0.5) is 11.4 Å². The number of nitrogens with one attached hydrogen (secondary N) is 1. The Morgan fingerprint density at radius 2 is 1.53 bits per heavy atom. The van der Waals surface area contributed by atoms with Crippen LogP contribution in [0.25, 0.3) is 11.0 Å². The molecule has 156 valence electrons. The topological polar surface area (TPSA) is 65.8 Å². The summed E-state index contributed by atoms with van der Waals surface area (Å²) >= 11 is 0. The predicted octanol–water partition coefficient (Wildman–Crippen LogP) is 4.38. The van der Waals surface area contributed by atoms with Crippen LogP contribution in [0.1, 0.15) is 31.3 Å². The summed E-state index contributed by atoms with van der Waals surface area (Å²) in [7, 11) is 0. The van der Waals surface area contributed by atoms with Crippen LogP contribution in [-0.2, 0) is 4.79 Å². The molecule has 3 aromatic rings. The van der Waals surface area contributed by atoms with Crippen molar-refractivity contribution in [3.8, 4) is 0 Å². The maximum absolute atomic E-state index is 13.3. The fraction of sp³-hybridized carbons (Fsp3) is 0.333. The second-order valence-electron chi connectivity index (χ2n) is 8.62. The van der Waals surface area contributed by atoms with E-state index in [0.29, 0.717) is 24.4 Å². The monoisotopic (exact) mass is 405 g/mol. The molecule has 30 heavy (non-hydrogen) atoms. The minimum atomic E-state index is -0.583. The van der Waals surface area contributed by atoms with Crippen molar-refractivity contribution >= 4 is 34.2 Å². The van der Waals surface area contributed by atoms with E-state index in [1.807, 2.05) is 63.2 Å². The van der Waals surface area contributed by atoms with Gasteiger partial charge in [0, 0.05) is 42.7 Å². The third-order valence-electron chi connectivity index (χ3n) is 5.40. The lowest BCUT2D eigenvalue weighted by Crippen LogP contribution is -2.48. The van der Waals surface area contributed by atoms with Crippen molar-refractivity contribution < 1.29 is 14.0 Å². The van der Waals surface area contributed by atoms with E-state index in [1.54, 1.807) is 4.90 Å². The summed E-state index contributed by atoms with van der Waals surface area (Å²) in [6.45, 7) is 8.22. The fourth-order valence-corrected chi connectivity index (χ4v) is 3.57. The Hall–Kier alpha value is -3.28. The molecule has 1 aromatic heterocycles. The number of para-hydroxylation sites is 2. The third kappa shape index (κ3) is 3.90. The second kappa shape index (κ2) is 7.86. The number of furan rings is 1. The predicted molar refractivity (Wildman–Crippen MR) is 119 cm³/mol. The molecule has 1 N–H and O–H groups in total. The fourth-order valence-electron chi connectivity index (χ4n) is 3.57. The first-order chi connectivity index (χ1) is 14.3. The van der Waals surface area contributed by atoms with Crippen LogP contribution in [0.5, 0.6) is 0 Å². The van der Waals surface area contributed by atoms with Crippen molar-refractivity contribution in [2.75, 3.05) is 36.4 Å². The van der Waals surface area contributed by atoms with Gasteiger partial charge in [0.1, 0.15) is 11.3 Å². The highest BCUT2D eigenvalue weighted by Crippen LogP contribution is 2.33. The van der Waals surface area contributed by atoms with Crippen LogP contribution < -0.4 is 10.2 Å². The van der Waals surface area contributed by atoms with Gasteiger partial charge in [0.15, 0.2) is 0 Å². The maximum atomic E-state index is 13.3. The van der Waals surface area contributed by atoms with Crippen molar-refractivity contribution in [3.05, 3.63) is 60.4 Å². The largest absolute Gasteiger partial charge is 0.449 e. The highest BCUT2D eigenvalue weighted by Gasteiger charge is 2.31. The van der Waals surface area contributed by atoms with Gasteiger partial charge in [-0.15, -0.1) is 0 Å². The Kier molecular flexibility index (Phi) is 5.24. The van der Waals surface area contributed by atoms with E-state index in [-0.39, 0.29) is 17.6 Å². The van der Waals surface area contributed by atoms with Crippen LogP contribution >= 0.6 is 0 Å². The number of rotatable bonds is 3. The maximum Gasteiger partial charge on any atom is 0.291 e. The summed E-state index contributed by atoms with van der Waals surface area (Å²) in [5, 5.41) is 3.67. The Bertz CT molecular complexity index is 1060. The summed E-state index contributed by atoms with van der Waals surface area (Å²) in [6.07, 6.45) is 0. The van der Waals surface area contributed by atoms with Crippen molar-refractivity contribution in [1.82, 2.24) is 4.90 Å². The molecule has 2 amide bonds. The minimum absolute atomic E-state index is 0.156. The molecular weight excluding hydrogens is 378 g/mol. The molecule has 1 aliphatic heterocycles. The molecule has 1 fully saturated rings. The van der Waals surface area contributed by atoms with Gasteiger partial charge in [-0.05, 0) is 24.3 Å². The first kappa shape index (κ1) is 20.0. The Labute approximate surface area is 176 Å². The molecule has 4 rings (SSSR count). The van der Waals surface area contributed by atoms with Crippen molar-refractivity contribution in [2.45, 2.75) is 20.8 Å². The SMILES string of the molecule is CC(C)(C)C(=O)Nc1c(C(=O)N2CCN(c3ccccc3)CC2)oc2ccccc12. The average Bonchev–Trinajstić information content (AvgIpc) is 3.12. The highest BCUT2D eigenvalue weighted by molar-refractivity contribution is 6.11. The van der Waals surface area contributed by atoms with Crippen LogP contribution in [-0.4, -0.2) is 42.9 Å². The number of anilines is 2. The van der Waals surface area contributed by atoms with E-state index in [2.05, 4.69) is 22.3 Å². The van der Waals surface area contributed by atoms with Crippen LogP contribution in [0, 0.1) is 5.41 Å². The van der Waals surface area contributed by atoms with Crippen LogP contribution in [0.15, 0.2) is 59.0 Å². The van der Waals surface area contributed by atoms with Crippen molar-refractivity contribution in [2.24, 2.45) is 5.41 Å². The molecule has 0 aliphatic carbocycles. The van der Waals surface area contributed by atoms with E-state index < -0.39 is 5.41 Å². The smallest absolute Gasteiger partial charge is 0.291 e. The second-order valence-corrected chi connectivity index (χ2v) is 8.62. The number of amides is 2. The molecule has 0 radical (unpaired) electrons. The number of hydrogen-bond donors (Lipinski definition) is 1. The molecule has 2 aromatic carbocycles. The van der Waals surface area contributed by atoms with E-state index in [9.17, 15) is 9.59 Å².